The molecule has 0 radical (unpaired) electrons. The smallest absolute Gasteiger partial charge is 0.257 e. The molecule has 1 saturated heterocycles. The lowest BCUT2D eigenvalue weighted by molar-refractivity contribution is -0.119. The first-order valence-electron chi connectivity index (χ1n) is 8.45. The topological polar surface area (TPSA) is 89.2 Å². The van der Waals surface area contributed by atoms with Crippen molar-refractivity contribution >= 4 is 11.8 Å². The molecule has 1 saturated carbocycles. The standard InChI is InChI=1S/C17H24N4O2/c1-11-19-10-14(16(20-11)13-4-5-13)17(23)21-7-2-3-12(6-8-21)9-15(18)22/h10,12-13H,2-9H2,1H3,(H2,18,22). The van der Waals surface area contributed by atoms with Crippen LogP contribution in [0, 0.1) is 12.8 Å². The predicted octanol–water partition coefficient (Wildman–Crippen LogP) is 1.78. The average Bonchev–Trinajstić information content (AvgIpc) is 3.33. The number of rotatable bonds is 4. The Morgan fingerprint density at radius 3 is 2.74 bits per heavy atom. The first kappa shape index (κ1) is 15.9. The van der Waals surface area contributed by atoms with Crippen LogP contribution in [0.3, 0.4) is 0 Å². The van der Waals surface area contributed by atoms with Crippen LogP contribution in [0.5, 0.6) is 0 Å². The number of nitrogens with zero attached hydrogens (tertiary/aromatic N) is 3. The van der Waals surface area contributed by atoms with Gasteiger partial charge in [-0.05, 0) is 44.9 Å². The van der Waals surface area contributed by atoms with Crippen LogP contribution < -0.4 is 5.73 Å². The molecule has 0 spiro atoms. The Hall–Kier alpha value is -1.98. The fraction of sp³-hybridized carbons (Fsp3) is 0.647. The van der Waals surface area contributed by atoms with Crippen molar-refractivity contribution < 1.29 is 9.59 Å². The second-order valence-corrected chi connectivity index (χ2v) is 6.75. The van der Waals surface area contributed by atoms with E-state index in [0.717, 1.165) is 50.2 Å². The van der Waals surface area contributed by atoms with Gasteiger partial charge < -0.3 is 10.6 Å². The van der Waals surface area contributed by atoms with Crippen LogP contribution in [0.2, 0.25) is 0 Å². The van der Waals surface area contributed by atoms with E-state index in [2.05, 4.69) is 9.97 Å². The van der Waals surface area contributed by atoms with Gasteiger partial charge in [-0.25, -0.2) is 9.97 Å². The Morgan fingerprint density at radius 1 is 1.26 bits per heavy atom. The summed E-state index contributed by atoms with van der Waals surface area (Å²) in [4.78, 5) is 34.6. The third-order valence-electron chi connectivity index (χ3n) is 4.76. The summed E-state index contributed by atoms with van der Waals surface area (Å²) < 4.78 is 0. The normalized spacial score (nSPS) is 21.8. The van der Waals surface area contributed by atoms with Gasteiger partial charge >= 0.3 is 0 Å². The van der Waals surface area contributed by atoms with Crippen LogP contribution in [0.4, 0.5) is 0 Å². The third kappa shape index (κ3) is 3.86. The van der Waals surface area contributed by atoms with Gasteiger partial charge in [0.05, 0.1) is 11.3 Å². The van der Waals surface area contributed by atoms with Gasteiger partial charge in [-0.3, -0.25) is 9.59 Å². The zero-order chi connectivity index (χ0) is 16.4. The minimum absolute atomic E-state index is 0.0339. The SMILES string of the molecule is Cc1ncc(C(=O)N2CCCC(CC(N)=O)CC2)c(C2CC2)n1. The second kappa shape index (κ2) is 6.64. The van der Waals surface area contributed by atoms with Gasteiger partial charge in [0.25, 0.3) is 5.91 Å². The maximum atomic E-state index is 12.9. The Balaban J connectivity index is 1.72. The van der Waals surface area contributed by atoms with Crippen molar-refractivity contribution in [1.29, 1.82) is 0 Å². The fourth-order valence-electron chi connectivity index (χ4n) is 3.35. The molecule has 1 aliphatic carbocycles. The van der Waals surface area contributed by atoms with Crippen LogP contribution in [0.1, 0.15) is 66.3 Å². The van der Waals surface area contributed by atoms with Crippen LogP contribution in [0.25, 0.3) is 0 Å². The fourth-order valence-corrected chi connectivity index (χ4v) is 3.35. The number of aromatic nitrogens is 2. The van der Waals surface area contributed by atoms with E-state index in [1.807, 2.05) is 11.8 Å². The zero-order valence-electron chi connectivity index (χ0n) is 13.6. The minimum Gasteiger partial charge on any atom is -0.370 e. The van der Waals surface area contributed by atoms with E-state index in [1.54, 1.807) is 6.20 Å². The first-order valence-corrected chi connectivity index (χ1v) is 8.45. The van der Waals surface area contributed by atoms with E-state index in [0.29, 0.717) is 30.4 Å². The summed E-state index contributed by atoms with van der Waals surface area (Å²) >= 11 is 0. The molecule has 3 rings (SSSR count). The Labute approximate surface area is 136 Å². The van der Waals surface area contributed by atoms with Crippen molar-refractivity contribution in [3.8, 4) is 0 Å². The Bertz CT molecular complexity index is 613. The van der Waals surface area contributed by atoms with Crippen molar-refractivity contribution in [2.45, 2.75) is 51.4 Å². The molecule has 1 unspecified atom stereocenters. The molecule has 2 aliphatic rings. The highest BCUT2D eigenvalue weighted by molar-refractivity contribution is 5.95. The van der Waals surface area contributed by atoms with Crippen molar-refractivity contribution in [3.05, 3.63) is 23.3 Å². The molecule has 1 aromatic rings. The number of carbonyl (C=O) groups excluding carboxylic acids is 2. The highest BCUT2D eigenvalue weighted by atomic mass is 16.2. The van der Waals surface area contributed by atoms with Gasteiger partial charge in [0.2, 0.25) is 5.91 Å². The molecular weight excluding hydrogens is 292 g/mol. The van der Waals surface area contributed by atoms with Crippen molar-refractivity contribution in [1.82, 2.24) is 14.9 Å². The molecule has 2 fully saturated rings. The number of hydrogen-bond donors (Lipinski definition) is 1. The van der Waals surface area contributed by atoms with Gasteiger partial charge in [-0.15, -0.1) is 0 Å². The minimum atomic E-state index is -0.252. The predicted molar refractivity (Wildman–Crippen MR) is 85.8 cm³/mol. The highest BCUT2D eigenvalue weighted by Gasteiger charge is 2.32. The molecule has 2 heterocycles. The summed E-state index contributed by atoms with van der Waals surface area (Å²) in [5.41, 5.74) is 6.87. The molecule has 6 heteroatoms. The van der Waals surface area contributed by atoms with E-state index in [1.165, 1.54) is 0 Å². The number of likely N-dealkylation sites (tertiary alicyclic amines) is 1. The number of amides is 2. The second-order valence-electron chi connectivity index (χ2n) is 6.75. The van der Waals surface area contributed by atoms with Gasteiger partial charge in [0.15, 0.2) is 0 Å². The van der Waals surface area contributed by atoms with Gasteiger partial charge in [-0.2, -0.15) is 0 Å². The van der Waals surface area contributed by atoms with Crippen molar-refractivity contribution in [2.75, 3.05) is 13.1 Å². The number of hydrogen-bond acceptors (Lipinski definition) is 4. The molecule has 1 atom stereocenters. The summed E-state index contributed by atoms with van der Waals surface area (Å²) in [5.74, 6) is 1.22. The number of aryl methyl sites for hydroxylation is 1. The molecular formula is C17H24N4O2. The lowest BCUT2D eigenvalue weighted by atomic mass is 9.97. The van der Waals surface area contributed by atoms with Crippen molar-refractivity contribution in [2.24, 2.45) is 11.7 Å². The molecule has 2 N–H and O–H groups in total. The molecule has 0 aromatic carbocycles. The summed E-state index contributed by atoms with van der Waals surface area (Å²) in [6.07, 6.45) is 7.02. The van der Waals surface area contributed by atoms with Crippen molar-refractivity contribution in [3.63, 3.8) is 0 Å². The largest absolute Gasteiger partial charge is 0.370 e. The van der Waals surface area contributed by atoms with Gasteiger partial charge in [0.1, 0.15) is 5.82 Å². The molecule has 2 amide bonds. The van der Waals surface area contributed by atoms with Crippen LogP contribution in [-0.2, 0) is 4.79 Å². The first-order chi connectivity index (χ1) is 11.0. The lowest BCUT2D eigenvalue weighted by Crippen LogP contribution is -2.33. The average molecular weight is 316 g/mol. The van der Waals surface area contributed by atoms with Gasteiger partial charge in [-0.1, -0.05) is 0 Å². The molecule has 1 aliphatic heterocycles. The molecule has 1 aromatic heterocycles. The maximum Gasteiger partial charge on any atom is 0.257 e. The Morgan fingerprint density at radius 2 is 2.04 bits per heavy atom. The third-order valence-corrected chi connectivity index (χ3v) is 4.76. The lowest BCUT2D eigenvalue weighted by Gasteiger charge is -2.21. The molecule has 124 valence electrons. The zero-order valence-corrected chi connectivity index (χ0v) is 13.6. The number of nitrogens with two attached hydrogens (primary N) is 1. The van der Waals surface area contributed by atoms with E-state index in [9.17, 15) is 9.59 Å². The van der Waals surface area contributed by atoms with Gasteiger partial charge in [0, 0.05) is 31.6 Å². The Kier molecular flexibility index (Phi) is 4.59. The summed E-state index contributed by atoms with van der Waals surface area (Å²) in [6.45, 7) is 3.27. The molecule has 23 heavy (non-hydrogen) atoms. The molecule has 6 nitrogen and oxygen atoms in total. The monoisotopic (exact) mass is 316 g/mol. The number of carbonyl (C=O) groups is 2. The molecule has 0 bridgehead atoms. The van der Waals surface area contributed by atoms with Crippen LogP contribution in [-0.4, -0.2) is 39.8 Å². The van der Waals surface area contributed by atoms with E-state index < -0.39 is 0 Å². The van der Waals surface area contributed by atoms with Crippen LogP contribution >= 0.6 is 0 Å². The summed E-state index contributed by atoms with van der Waals surface area (Å²) in [7, 11) is 0. The number of primary amides is 1. The highest BCUT2D eigenvalue weighted by Crippen LogP contribution is 2.40. The quantitative estimate of drug-likeness (QED) is 0.917. The summed E-state index contributed by atoms with van der Waals surface area (Å²) in [5, 5.41) is 0. The summed E-state index contributed by atoms with van der Waals surface area (Å²) in [6, 6.07) is 0. The van der Waals surface area contributed by atoms with E-state index >= 15 is 0 Å². The van der Waals surface area contributed by atoms with E-state index in [-0.39, 0.29) is 11.8 Å². The maximum absolute atomic E-state index is 12.9. The van der Waals surface area contributed by atoms with Crippen LogP contribution in [0.15, 0.2) is 6.20 Å². The van der Waals surface area contributed by atoms with E-state index in [4.69, 9.17) is 5.73 Å².